The largest absolute Gasteiger partial charge is 2.00 e. The molecule has 10 rings (SSSR count). The van der Waals surface area contributed by atoms with Crippen LogP contribution in [0.25, 0.3) is 65.3 Å². The van der Waals surface area contributed by atoms with E-state index in [0.29, 0.717) is 0 Å². The van der Waals surface area contributed by atoms with Crippen LogP contribution in [0.15, 0.2) is 200 Å². The molecular weight excluding hydrogens is 883 g/mol. The average Bonchev–Trinajstić information content (AvgIpc) is 4.06. The van der Waals surface area contributed by atoms with Crippen LogP contribution in [0.3, 0.4) is 0 Å². The summed E-state index contributed by atoms with van der Waals surface area (Å²) in [4.78, 5) is 0. The Kier molecular flexibility index (Phi) is 18.4. The molecule has 0 saturated heterocycles. The number of fused-ring (bicyclic) bond motifs is 4. The molecule has 290 valence electrons. The molecule has 0 unspecified atom stereocenters. The summed E-state index contributed by atoms with van der Waals surface area (Å²) in [5.41, 5.74) is 9.54. The van der Waals surface area contributed by atoms with E-state index in [1.807, 2.05) is 30.3 Å². The first-order valence-electron chi connectivity index (χ1n) is 19.1. The monoisotopic (exact) mass is 926 g/mol. The third kappa shape index (κ3) is 11.8. The van der Waals surface area contributed by atoms with Crippen molar-refractivity contribution in [2.24, 2.45) is 0 Å². The second-order valence-corrected chi connectivity index (χ2v) is 22.6. The third-order valence-corrected chi connectivity index (χ3v) is 12.9. The van der Waals surface area contributed by atoms with Crippen LogP contribution in [-0.4, -0.2) is 5.43 Å². The van der Waals surface area contributed by atoms with E-state index < -0.39 is 0 Å². The molecule has 0 amide bonds. The normalized spacial score (nSPS) is 10.2. The van der Waals surface area contributed by atoms with E-state index >= 15 is 0 Å². The summed E-state index contributed by atoms with van der Waals surface area (Å²) >= 11 is 1.77. The summed E-state index contributed by atoms with van der Waals surface area (Å²) in [5, 5.41) is 10.6. The van der Waals surface area contributed by atoms with Crippen molar-refractivity contribution >= 4 is 48.5 Å². The van der Waals surface area contributed by atoms with Crippen LogP contribution >= 0.6 is 0 Å². The predicted octanol–water partition coefficient (Wildman–Crippen LogP) is 8.90. The number of rotatable bonds is 5. The Morgan fingerprint density at radius 3 is 1.33 bits per heavy atom. The summed E-state index contributed by atoms with van der Waals surface area (Å²) in [6.07, 6.45) is 1.31. The minimum Gasteiger partial charge on any atom is -1.00 e. The summed E-state index contributed by atoms with van der Waals surface area (Å²) in [5.74, 6) is 0. The van der Waals surface area contributed by atoms with Crippen molar-refractivity contribution in [3.63, 3.8) is 0 Å². The summed E-state index contributed by atoms with van der Waals surface area (Å²) in [6, 6.07) is 72.6. The molecule has 0 saturated carbocycles. The fourth-order valence-corrected chi connectivity index (χ4v) is 8.98. The molecule has 0 aliphatic carbocycles. The first kappa shape index (κ1) is 46.6. The Hall–Kier alpha value is -4.04. The molecule has 0 aliphatic rings. The fraction of sp³-hybridized carbons (Fsp3) is 0.0943. The average molecular weight is 929 g/mol. The van der Waals surface area contributed by atoms with Gasteiger partial charge in [-0.1, -0.05) is 122 Å². The maximum atomic E-state index is 2.41. The zero-order valence-electron chi connectivity index (χ0n) is 33.1. The van der Waals surface area contributed by atoms with E-state index in [1.54, 1.807) is 23.3 Å². The summed E-state index contributed by atoms with van der Waals surface area (Å²) in [7, 11) is 0. The van der Waals surface area contributed by atoms with Gasteiger partial charge in [0.25, 0.3) is 0 Å². The van der Waals surface area contributed by atoms with Crippen LogP contribution in [0.2, 0.25) is 12.6 Å². The van der Waals surface area contributed by atoms with Gasteiger partial charge >= 0.3 is 94.7 Å². The van der Waals surface area contributed by atoms with E-state index in [9.17, 15) is 0 Å². The summed E-state index contributed by atoms with van der Waals surface area (Å²) in [6.45, 7) is 6.73. The molecule has 0 radical (unpaired) electrons. The third-order valence-electron chi connectivity index (χ3n) is 10.0. The topological polar surface area (TPSA) is 0 Å². The van der Waals surface area contributed by atoms with Gasteiger partial charge in [0.2, 0.25) is 0 Å². The molecule has 0 aromatic heterocycles. The fourth-order valence-electron chi connectivity index (χ4n) is 7.39. The maximum absolute atomic E-state index is 2.41. The van der Waals surface area contributed by atoms with Crippen molar-refractivity contribution in [1.82, 2.24) is 0 Å². The molecular formula is C53H46Cl2FeSiZr-2. The number of aryl methyl sites for hydroxylation is 3. The molecule has 5 heteroatoms. The number of benzene rings is 6. The Morgan fingerprint density at radius 1 is 0.483 bits per heavy atom. The van der Waals surface area contributed by atoms with E-state index in [1.165, 1.54) is 94.5 Å². The van der Waals surface area contributed by atoms with Gasteiger partial charge in [0, 0.05) is 0 Å². The molecule has 10 aromatic carbocycles. The minimum absolute atomic E-state index is 0. The van der Waals surface area contributed by atoms with Gasteiger partial charge < -0.3 is 24.8 Å². The van der Waals surface area contributed by atoms with Gasteiger partial charge in [0.1, 0.15) is 0 Å². The van der Waals surface area contributed by atoms with Gasteiger partial charge in [0.15, 0.2) is 0 Å². The smallest absolute Gasteiger partial charge is 1.00 e. The van der Waals surface area contributed by atoms with Crippen molar-refractivity contribution in [3.05, 3.63) is 217 Å². The zero-order valence-corrected chi connectivity index (χ0v) is 39.2. The Labute approximate surface area is 382 Å². The molecule has 0 atom stereocenters. The SMILES string of the molecule is C[Si](=[Zr+2])CCc1ccc[cH-]1.Cc1cc2c(-c3cccc4ccccc34)cccc2[cH-]1.Cc1cc2c(-c3cccc4ccccc34)cccc2[cH-]1.[Cl-].[Cl-].[Fe+2].c1cc[cH-]c1. The number of halogens is 2. The molecule has 0 aliphatic heterocycles. The Morgan fingerprint density at radius 2 is 0.914 bits per heavy atom. The van der Waals surface area contributed by atoms with E-state index in [4.69, 9.17) is 0 Å². The second-order valence-electron chi connectivity index (χ2n) is 14.3. The quantitative estimate of drug-likeness (QED) is 0.120. The van der Waals surface area contributed by atoms with Crippen molar-refractivity contribution in [1.29, 1.82) is 0 Å². The van der Waals surface area contributed by atoms with Gasteiger partial charge in [-0.3, -0.25) is 0 Å². The van der Waals surface area contributed by atoms with Crippen LogP contribution in [0.4, 0.5) is 0 Å². The molecule has 58 heavy (non-hydrogen) atoms. The van der Waals surface area contributed by atoms with E-state index in [-0.39, 0.29) is 47.3 Å². The molecule has 0 bridgehead atoms. The van der Waals surface area contributed by atoms with Gasteiger partial charge in [0.05, 0.1) is 0 Å². The van der Waals surface area contributed by atoms with Crippen LogP contribution in [0, 0.1) is 13.8 Å². The molecule has 10 aromatic rings. The van der Waals surface area contributed by atoms with Crippen molar-refractivity contribution in [3.8, 4) is 22.3 Å². The van der Waals surface area contributed by atoms with Gasteiger partial charge in [-0.25, -0.2) is 12.1 Å². The van der Waals surface area contributed by atoms with Gasteiger partial charge in [-0.05, 0) is 32.7 Å². The minimum atomic E-state index is 0. The maximum Gasteiger partial charge on any atom is 2.00 e. The van der Waals surface area contributed by atoms with Crippen molar-refractivity contribution < 1.29 is 65.2 Å². The zero-order chi connectivity index (χ0) is 38.0. The molecule has 0 fully saturated rings. The number of hydrogen-bond acceptors (Lipinski definition) is 0. The van der Waals surface area contributed by atoms with Gasteiger partial charge in [-0.15, -0.1) is 69.1 Å². The Bertz CT molecular complexity index is 2590. The molecule has 0 N–H and O–H groups in total. The standard InChI is InChI=1S/2C20H15.C8H11Si.C5H5.2ClH.Fe.Zr/c2*1-14-12-16-8-5-11-19(20(16)13-14)18-10-4-7-15-6-2-3-9-17(15)18;1-9-7-6-8-4-2-3-5-8;1-2-4-5-3-1;;;;/h2*2-13H,1H3;2-5H,6-7H2,1H3;1-5H;2*1H;;/q4*-1;;;2*+2/p-2. The Balaban J connectivity index is 0.000000185. The molecule has 0 heterocycles. The van der Waals surface area contributed by atoms with Crippen LogP contribution < -0.4 is 24.8 Å². The van der Waals surface area contributed by atoms with Crippen molar-refractivity contribution in [2.45, 2.75) is 32.9 Å². The molecule has 0 spiro atoms. The van der Waals surface area contributed by atoms with E-state index in [2.05, 4.69) is 190 Å². The molecule has 0 nitrogen and oxygen atoms in total. The second kappa shape index (κ2) is 22.9. The first-order valence-corrected chi connectivity index (χ1v) is 25.0. The van der Waals surface area contributed by atoms with Crippen LogP contribution in [-0.2, 0) is 46.8 Å². The number of hydrogen-bond donors (Lipinski definition) is 0. The predicted molar refractivity (Wildman–Crippen MR) is 239 cm³/mol. The van der Waals surface area contributed by atoms with Crippen LogP contribution in [0.1, 0.15) is 16.7 Å². The summed E-state index contributed by atoms with van der Waals surface area (Å²) < 4.78 is 0. The van der Waals surface area contributed by atoms with Crippen LogP contribution in [0.5, 0.6) is 0 Å². The van der Waals surface area contributed by atoms with Crippen molar-refractivity contribution in [2.75, 3.05) is 0 Å². The van der Waals surface area contributed by atoms with E-state index in [0.717, 1.165) is 0 Å². The first-order chi connectivity index (χ1) is 26.9. The van der Waals surface area contributed by atoms with Gasteiger partial charge in [-0.2, -0.15) is 30.3 Å².